The zero-order chi connectivity index (χ0) is 30.7. The molecule has 0 fully saturated rings. The molecule has 2 rings (SSSR count). The number of amidine groups is 1. The Morgan fingerprint density at radius 1 is 1.17 bits per heavy atom. The fourth-order valence-electron chi connectivity index (χ4n) is 4.09. The van der Waals surface area contributed by atoms with Crippen molar-refractivity contribution in [2.45, 2.75) is 64.1 Å². The number of carbonyl (C=O) groups is 6. The molecule has 17 heteroatoms. The number of amides is 4. The standard InChI is InChI=1S/C24H33N9O8/c1-3-12(2)20(30-17(34)6-7-18(35)36)23(40)29-14(10-19(37)38)24(41)33-15(9-13-5-4-8-27-21(13)33)22(39)28-11-16(31-25)32-26/h4-5,8,12,14-15,20,25H,3,6-7,9-11,26H2,1-2H3,(H,28,39)(H,29,40)(H,30,34)(H,35,36)(H,37,38)/b31-25?,32-16-/t12-,14-,15-,20-/m0/s1. The second-order valence-corrected chi connectivity index (χ2v) is 9.27. The predicted octanol–water partition coefficient (Wildman–Crippen LogP) is -0.886. The Bertz CT molecular complexity index is 1220. The van der Waals surface area contributed by atoms with Crippen molar-refractivity contribution in [3.8, 4) is 0 Å². The quantitative estimate of drug-likeness (QED) is 0.0473. The van der Waals surface area contributed by atoms with Crippen LogP contribution in [0.3, 0.4) is 0 Å². The lowest BCUT2D eigenvalue weighted by Gasteiger charge is -2.30. The lowest BCUT2D eigenvalue weighted by atomic mass is 9.97. The minimum Gasteiger partial charge on any atom is -0.481 e. The number of nitrogens with two attached hydrogens (primary N) is 1. The molecule has 1 aromatic heterocycles. The topological polar surface area (TPSA) is 270 Å². The van der Waals surface area contributed by atoms with Crippen molar-refractivity contribution >= 4 is 47.2 Å². The first-order chi connectivity index (χ1) is 19.4. The van der Waals surface area contributed by atoms with Crippen molar-refractivity contribution in [3.63, 3.8) is 0 Å². The molecular formula is C24H33N9O8. The second-order valence-electron chi connectivity index (χ2n) is 9.27. The summed E-state index contributed by atoms with van der Waals surface area (Å²) in [5.41, 5.74) is 7.53. The first-order valence-corrected chi connectivity index (χ1v) is 12.7. The molecule has 0 aliphatic carbocycles. The number of carboxylic acids is 2. The monoisotopic (exact) mass is 575 g/mol. The lowest BCUT2D eigenvalue weighted by Crippen LogP contribution is -2.59. The average Bonchev–Trinajstić information content (AvgIpc) is 3.33. The molecule has 2 heterocycles. The van der Waals surface area contributed by atoms with E-state index in [4.69, 9.17) is 16.5 Å². The maximum absolute atomic E-state index is 13.8. The van der Waals surface area contributed by atoms with Gasteiger partial charge in [0.2, 0.25) is 17.7 Å². The number of aromatic nitrogens is 1. The molecule has 0 spiro atoms. The Kier molecular flexibility index (Phi) is 11.8. The van der Waals surface area contributed by atoms with Crippen molar-refractivity contribution in [1.82, 2.24) is 20.9 Å². The van der Waals surface area contributed by atoms with Gasteiger partial charge in [-0.25, -0.2) is 10.5 Å². The maximum atomic E-state index is 13.8. The Morgan fingerprint density at radius 2 is 1.88 bits per heavy atom. The van der Waals surface area contributed by atoms with Crippen LogP contribution in [0.25, 0.3) is 0 Å². The van der Waals surface area contributed by atoms with Gasteiger partial charge in [0.25, 0.3) is 5.91 Å². The van der Waals surface area contributed by atoms with Crippen LogP contribution in [0, 0.1) is 11.4 Å². The fourth-order valence-corrected chi connectivity index (χ4v) is 4.09. The molecule has 1 aliphatic heterocycles. The number of aliphatic carboxylic acids is 2. The third-order valence-corrected chi connectivity index (χ3v) is 6.43. The van der Waals surface area contributed by atoms with Gasteiger partial charge >= 0.3 is 11.9 Å². The van der Waals surface area contributed by atoms with Gasteiger partial charge in [-0.15, -0.1) is 5.11 Å². The normalized spacial score (nSPS) is 16.5. The minimum absolute atomic E-state index is 0.0245. The number of rotatable bonds is 14. The summed E-state index contributed by atoms with van der Waals surface area (Å²) in [6.07, 6.45) is 0.133. The van der Waals surface area contributed by atoms with Gasteiger partial charge in [0.1, 0.15) is 23.9 Å². The molecule has 0 radical (unpaired) electrons. The average molecular weight is 576 g/mol. The second kappa shape index (κ2) is 15.0. The molecule has 0 aromatic carbocycles. The van der Waals surface area contributed by atoms with E-state index in [0.717, 1.165) is 4.90 Å². The fraction of sp³-hybridized carbons (Fsp3) is 0.500. The van der Waals surface area contributed by atoms with Crippen molar-refractivity contribution in [3.05, 3.63) is 23.9 Å². The highest BCUT2D eigenvalue weighted by atomic mass is 16.4. The summed E-state index contributed by atoms with van der Waals surface area (Å²) in [5.74, 6) is -1.24. The van der Waals surface area contributed by atoms with Gasteiger partial charge in [-0.3, -0.25) is 33.7 Å². The molecule has 8 N–H and O–H groups in total. The number of hydrazone groups is 1. The number of pyridine rings is 1. The number of carbonyl (C=O) groups excluding carboxylic acids is 4. The Hall–Kier alpha value is -4.96. The van der Waals surface area contributed by atoms with Gasteiger partial charge in [-0.05, 0) is 17.5 Å². The van der Waals surface area contributed by atoms with E-state index in [0.29, 0.717) is 12.0 Å². The number of carboxylic acid groups (broad SMARTS) is 2. The summed E-state index contributed by atoms with van der Waals surface area (Å²) >= 11 is 0. The van der Waals surface area contributed by atoms with E-state index < -0.39 is 72.5 Å². The number of anilines is 1. The van der Waals surface area contributed by atoms with Crippen molar-refractivity contribution in [1.29, 1.82) is 5.53 Å². The predicted molar refractivity (Wildman–Crippen MR) is 141 cm³/mol. The lowest BCUT2D eigenvalue weighted by molar-refractivity contribution is -0.140. The van der Waals surface area contributed by atoms with E-state index in [1.165, 1.54) is 6.20 Å². The minimum atomic E-state index is -1.66. The van der Waals surface area contributed by atoms with Gasteiger partial charge in [0, 0.05) is 19.0 Å². The van der Waals surface area contributed by atoms with Gasteiger partial charge in [0.15, 0.2) is 5.84 Å². The van der Waals surface area contributed by atoms with Crippen LogP contribution in [0.5, 0.6) is 0 Å². The molecule has 0 saturated carbocycles. The molecule has 41 heavy (non-hydrogen) atoms. The number of hydrogen-bond acceptors (Lipinski definition) is 10. The van der Waals surface area contributed by atoms with Crippen LogP contribution in [0.2, 0.25) is 0 Å². The number of nitrogens with zero attached hydrogens (tertiary/aromatic N) is 4. The van der Waals surface area contributed by atoms with Crippen LogP contribution < -0.4 is 26.7 Å². The number of fused-ring (bicyclic) bond motifs is 1. The van der Waals surface area contributed by atoms with E-state index in [1.54, 1.807) is 26.0 Å². The molecule has 222 valence electrons. The first-order valence-electron chi connectivity index (χ1n) is 12.7. The van der Waals surface area contributed by atoms with Crippen LogP contribution in [0.4, 0.5) is 5.82 Å². The molecule has 0 unspecified atom stereocenters. The summed E-state index contributed by atoms with van der Waals surface area (Å²) in [6.45, 7) is 3.09. The molecule has 17 nitrogen and oxygen atoms in total. The highest BCUT2D eigenvalue weighted by Crippen LogP contribution is 2.31. The van der Waals surface area contributed by atoms with Crippen molar-refractivity contribution in [2.24, 2.45) is 22.0 Å². The van der Waals surface area contributed by atoms with E-state index >= 15 is 0 Å². The largest absolute Gasteiger partial charge is 0.481 e. The Balaban J connectivity index is 2.35. The molecule has 1 aromatic rings. The van der Waals surface area contributed by atoms with Crippen LogP contribution >= 0.6 is 0 Å². The van der Waals surface area contributed by atoms with E-state index in [2.05, 4.69) is 31.2 Å². The third kappa shape index (κ3) is 8.77. The molecular weight excluding hydrogens is 542 g/mol. The Labute approximate surface area is 234 Å². The van der Waals surface area contributed by atoms with Crippen LogP contribution in [-0.2, 0) is 35.2 Å². The molecule has 0 bridgehead atoms. The highest BCUT2D eigenvalue weighted by molar-refractivity contribution is 6.07. The van der Waals surface area contributed by atoms with Gasteiger partial charge in [0.05, 0.1) is 19.4 Å². The first kappa shape index (κ1) is 32.3. The number of nitrogens with one attached hydrogen (secondary N) is 4. The maximum Gasteiger partial charge on any atom is 0.305 e. The summed E-state index contributed by atoms with van der Waals surface area (Å²) in [5, 5.41) is 32.0. The van der Waals surface area contributed by atoms with Crippen molar-refractivity contribution < 1.29 is 39.0 Å². The smallest absolute Gasteiger partial charge is 0.305 e. The van der Waals surface area contributed by atoms with E-state index in [-0.39, 0.29) is 31.0 Å². The third-order valence-electron chi connectivity index (χ3n) is 6.43. The summed E-state index contributed by atoms with van der Waals surface area (Å²) in [4.78, 5) is 80.1. The van der Waals surface area contributed by atoms with Crippen LogP contribution in [0.15, 0.2) is 28.5 Å². The van der Waals surface area contributed by atoms with E-state index in [1.807, 2.05) is 0 Å². The van der Waals surface area contributed by atoms with E-state index in [9.17, 15) is 33.9 Å². The van der Waals surface area contributed by atoms with Crippen LogP contribution in [-0.4, -0.2) is 81.3 Å². The van der Waals surface area contributed by atoms with Crippen LogP contribution in [0.1, 0.15) is 45.1 Å². The molecule has 0 saturated heterocycles. The SMILES string of the molecule is CC[C@H](C)[C@H](NC(=O)CCC(=O)O)C(=O)N[C@@H](CC(=O)O)C(=O)N1c2ncccc2C[C@H]1C(=O)NC/C(N=N)=N/N. The van der Waals surface area contributed by atoms with Gasteiger partial charge in [-0.2, -0.15) is 5.10 Å². The summed E-state index contributed by atoms with van der Waals surface area (Å²) < 4.78 is 0. The summed E-state index contributed by atoms with van der Waals surface area (Å²) in [7, 11) is 0. The highest BCUT2D eigenvalue weighted by Gasteiger charge is 2.43. The zero-order valence-electron chi connectivity index (χ0n) is 22.5. The zero-order valence-corrected chi connectivity index (χ0v) is 22.5. The van der Waals surface area contributed by atoms with Crippen molar-refractivity contribution in [2.75, 3.05) is 11.4 Å². The van der Waals surface area contributed by atoms with Gasteiger partial charge < -0.3 is 32.0 Å². The molecule has 1 aliphatic rings. The summed E-state index contributed by atoms with van der Waals surface area (Å²) in [6, 6.07) is -0.809. The molecule has 4 atom stereocenters. The Morgan fingerprint density at radius 3 is 2.46 bits per heavy atom. The van der Waals surface area contributed by atoms with Gasteiger partial charge in [-0.1, -0.05) is 26.3 Å². The molecule has 4 amide bonds. The number of hydrogen-bond donors (Lipinski definition) is 7.